The molecule has 0 spiro atoms. The molecule has 0 saturated heterocycles. The first-order chi connectivity index (χ1) is 12.5. The third-order valence-corrected chi connectivity index (χ3v) is 3.40. The number of hydrogen-bond acceptors (Lipinski definition) is 3. The van der Waals surface area contributed by atoms with E-state index in [2.05, 4.69) is 15.3 Å². The SMILES string of the molecule is O=C(/C=C/c1cccnc1)Nc1cn(Cc2cc(F)c(F)c(F)c2)cn1. The van der Waals surface area contributed by atoms with Crippen LogP contribution in [0.1, 0.15) is 11.1 Å². The maximum atomic E-state index is 13.2. The van der Waals surface area contributed by atoms with Crippen molar-refractivity contribution in [2.24, 2.45) is 0 Å². The Hall–Kier alpha value is -3.42. The largest absolute Gasteiger partial charge is 0.331 e. The summed E-state index contributed by atoms with van der Waals surface area (Å²) in [6.45, 7) is 0.0719. The number of carbonyl (C=O) groups is 1. The molecule has 3 rings (SSSR count). The van der Waals surface area contributed by atoms with Crippen molar-refractivity contribution >= 4 is 17.8 Å². The zero-order valence-electron chi connectivity index (χ0n) is 13.4. The first-order valence-electron chi connectivity index (χ1n) is 7.55. The number of pyridine rings is 1. The maximum absolute atomic E-state index is 13.2. The Kier molecular flexibility index (Phi) is 5.12. The fourth-order valence-corrected chi connectivity index (χ4v) is 2.24. The first kappa shape index (κ1) is 17.4. The molecule has 8 heteroatoms. The summed E-state index contributed by atoms with van der Waals surface area (Å²) in [7, 11) is 0. The van der Waals surface area contributed by atoms with Gasteiger partial charge in [-0.2, -0.15) is 0 Å². The number of hydrogen-bond donors (Lipinski definition) is 1. The van der Waals surface area contributed by atoms with Crippen molar-refractivity contribution in [2.45, 2.75) is 6.54 Å². The lowest BCUT2D eigenvalue weighted by Crippen LogP contribution is -2.08. The van der Waals surface area contributed by atoms with Crippen LogP contribution in [0.5, 0.6) is 0 Å². The van der Waals surface area contributed by atoms with Crippen LogP contribution >= 0.6 is 0 Å². The summed E-state index contributed by atoms with van der Waals surface area (Å²) in [4.78, 5) is 19.8. The van der Waals surface area contributed by atoms with Crippen molar-refractivity contribution < 1.29 is 18.0 Å². The number of rotatable bonds is 5. The van der Waals surface area contributed by atoms with Gasteiger partial charge in [0.25, 0.3) is 0 Å². The Bertz CT molecular complexity index is 931. The number of amides is 1. The molecule has 0 aliphatic carbocycles. The Morgan fingerprint density at radius 1 is 1.23 bits per heavy atom. The second kappa shape index (κ2) is 7.64. The number of benzene rings is 1. The second-order valence-electron chi connectivity index (χ2n) is 5.41. The van der Waals surface area contributed by atoms with Crippen LogP contribution in [-0.4, -0.2) is 20.4 Å². The van der Waals surface area contributed by atoms with Gasteiger partial charge in [0.2, 0.25) is 5.91 Å². The second-order valence-corrected chi connectivity index (χ2v) is 5.41. The van der Waals surface area contributed by atoms with E-state index in [0.29, 0.717) is 0 Å². The molecule has 1 N–H and O–H groups in total. The van der Waals surface area contributed by atoms with Crippen LogP contribution in [0.25, 0.3) is 6.08 Å². The van der Waals surface area contributed by atoms with Crippen LogP contribution in [0.3, 0.4) is 0 Å². The van der Waals surface area contributed by atoms with Gasteiger partial charge in [0.1, 0.15) is 0 Å². The predicted octanol–water partition coefficient (Wildman–Crippen LogP) is 3.40. The van der Waals surface area contributed by atoms with Crippen LogP contribution in [0.15, 0.2) is 55.3 Å². The number of anilines is 1. The highest BCUT2D eigenvalue weighted by atomic mass is 19.2. The van der Waals surface area contributed by atoms with Gasteiger partial charge in [0.15, 0.2) is 23.3 Å². The number of halogens is 3. The van der Waals surface area contributed by atoms with E-state index >= 15 is 0 Å². The summed E-state index contributed by atoms with van der Waals surface area (Å²) in [5, 5.41) is 2.56. The van der Waals surface area contributed by atoms with E-state index < -0.39 is 23.4 Å². The third kappa shape index (κ3) is 4.35. The van der Waals surface area contributed by atoms with E-state index in [1.165, 1.54) is 23.2 Å². The van der Waals surface area contributed by atoms with Gasteiger partial charge >= 0.3 is 0 Å². The molecule has 0 atom stereocenters. The molecule has 2 heterocycles. The molecule has 1 amide bonds. The number of nitrogens with zero attached hydrogens (tertiary/aromatic N) is 3. The fraction of sp³-hybridized carbons (Fsp3) is 0.0556. The molecule has 0 fully saturated rings. The Morgan fingerprint density at radius 2 is 2.00 bits per heavy atom. The van der Waals surface area contributed by atoms with Crippen LogP contribution < -0.4 is 5.32 Å². The summed E-state index contributed by atoms with van der Waals surface area (Å²) >= 11 is 0. The van der Waals surface area contributed by atoms with E-state index in [1.54, 1.807) is 30.6 Å². The molecule has 3 aromatic rings. The summed E-state index contributed by atoms with van der Waals surface area (Å²) in [6.07, 6.45) is 9.06. The topological polar surface area (TPSA) is 59.8 Å². The van der Waals surface area contributed by atoms with Crippen LogP contribution in [0.4, 0.5) is 19.0 Å². The Balaban J connectivity index is 1.63. The number of aromatic nitrogens is 3. The smallest absolute Gasteiger partial charge is 0.249 e. The highest BCUT2D eigenvalue weighted by Crippen LogP contribution is 2.15. The van der Waals surface area contributed by atoms with Crippen molar-refractivity contribution in [2.75, 3.05) is 5.32 Å². The fourth-order valence-electron chi connectivity index (χ4n) is 2.24. The van der Waals surface area contributed by atoms with Gasteiger partial charge in [0, 0.05) is 31.2 Å². The first-order valence-corrected chi connectivity index (χ1v) is 7.55. The summed E-state index contributed by atoms with van der Waals surface area (Å²) in [6, 6.07) is 5.37. The van der Waals surface area contributed by atoms with E-state index in [1.807, 2.05) is 0 Å². The minimum Gasteiger partial charge on any atom is -0.331 e. The minimum atomic E-state index is -1.51. The van der Waals surface area contributed by atoms with Crippen LogP contribution in [-0.2, 0) is 11.3 Å². The Morgan fingerprint density at radius 3 is 2.69 bits per heavy atom. The molecule has 2 aromatic heterocycles. The number of carbonyl (C=O) groups excluding carboxylic acids is 1. The van der Waals surface area contributed by atoms with Crippen molar-refractivity contribution in [1.29, 1.82) is 0 Å². The molecule has 1 aromatic carbocycles. The standard InChI is InChI=1S/C18H13F3N4O/c19-14-6-13(7-15(20)18(14)21)9-25-10-16(23-11-25)24-17(26)4-3-12-2-1-5-22-8-12/h1-8,10-11H,9H2,(H,24,26)/b4-3+. The average Bonchev–Trinajstić information content (AvgIpc) is 3.05. The molecular weight excluding hydrogens is 345 g/mol. The van der Waals surface area contributed by atoms with E-state index in [0.717, 1.165) is 17.7 Å². The molecule has 132 valence electrons. The lowest BCUT2D eigenvalue weighted by atomic mass is 10.2. The molecule has 0 saturated carbocycles. The quantitative estimate of drug-likeness (QED) is 0.562. The predicted molar refractivity (Wildman–Crippen MR) is 89.5 cm³/mol. The zero-order chi connectivity index (χ0) is 18.5. The molecule has 26 heavy (non-hydrogen) atoms. The van der Waals surface area contributed by atoms with Gasteiger partial charge in [-0.1, -0.05) is 6.07 Å². The van der Waals surface area contributed by atoms with Gasteiger partial charge in [-0.3, -0.25) is 9.78 Å². The highest BCUT2D eigenvalue weighted by molar-refractivity contribution is 6.01. The summed E-state index contributed by atoms with van der Waals surface area (Å²) in [5.41, 5.74) is 1.00. The van der Waals surface area contributed by atoms with Gasteiger partial charge in [-0.15, -0.1) is 0 Å². The van der Waals surface area contributed by atoms with Crippen molar-refractivity contribution in [3.63, 3.8) is 0 Å². The van der Waals surface area contributed by atoms with Gasteiger partial charge in [0.05, 0.1) is 6.33 Å². The van der Waals surface area contributed by atoms with Crippen LogP contribution in [0, 0.1) is 17.5 Å². The average molecular weight is 358 g/mol. The zero-order valence-corrected chi connectivity index (χ0v) is 13.4. The summed E-state index contributed by atoms with van der Waals surface area (Å²) < 4.78 is 40.9. The summed E-state index contributed by atoms with van der Waals surface area (Å²) in [5.74, 6) is -4.14. The van der Waals surface area contributed by atoms with E-state index in [-0.39, 0.29) is 17.9 Å². The van der Waals surface area contributed by atoms with Crippen molar-refractivity contribution in [1.82, 2.24) is 14.5 Å². The minimum absolute atomic E-state index is 0.0719. The van der Waals surface area contributed by atoms with Gasteiger partial charge in [-0.05, 0) is 35.4 Å². The molecule has 0 unspecified atom stereocenters. The molecule has 0 bridgehead atoms. The highest BCUT2D eigenvalue weighted by Gasteiger charge is 2.11. The lowest BCUT2D eigenvalue weighted by molar-refractivity contribution is -0.111. The normalized spacial score (nSPS) is 11.0. The van der Waals surface area contributed by atoms with E-state index in [9.17, 15) is 18.0 Å². The molecule has 0 radical (unpaired) electrons. The lowest BCUT2D eigenvalue weighted by Gasteiger charge is -2.04. The number of imidazole rings is 1. The monoisotopic (exact) mass is 358 g/mol. The molecular formula is C18H13F3N4O. The Labute approximate surface area is 146 Å². The molecule has 0 aliphatic rings. The van der Waals surface area contributed by atoms with E-state index in [4.69, 9.17) is 0 Å². The molecule has 0 aliphatic heterocycles. The molecule has 5 nitrogen and oxygen atoms in total. The van der Waals surface area contributed by atoms with Gasteiger partial charge < -0.3 is 9.88 Å². The number of nitrogens with one attached hydrogen (secondary N) is 1. The van der Waals surface area contributed by atoms with Crippen LogP contribution in [0.2, 0.25) is 0 Å². The van der Waals surface area contributed by atoms with Gasteiger partial charge in [-0.25, -0.2) is 18.2 Å². The van der Waals surface area contributed by atoms with Crippen molar-refractivity contribution in [3.05, 3.63) is 83.8 Å². The maximum Gasteiger partial charge on any atom is 0.249 e. The third-order valence-electron chi connectivity index (χ3n) is 3.40. The van der Waals surface area contributed by atoms with Crippen molar-refractivity contribution in [3.8, 4) is 0 Å².